The Balaban J connectivity index is 1.78. The van der Waals surface area contributed by atoms with E-state index in [2.05, 4.69) is 15.5 Å². The van der Waals surface area contributed by atoms with Gasteiger partial charge in [0.1, 0.15) is 12.3 Å². The van der Waals surface area contributed by atoms with Crippen LogP contribution in [0.15, 0.2) is 18.2 Å². The summed E-state index contributed by atoms with van der Waals surface area (Å²) in [6.07, 6.45) is 0. The van der Waals surface area contributed by atoms with Gasteiger partial charge in [-0.05, 0) is 24.1 Å². The number of carbonyl (C=O) groups is 2. The zero-order chi connectivity index (χ0) is 17.8. The average Bonchev–Trinajstić information content (AvgIpc) is 2.63. The summed E-state index contributed by atoms with van der Waals surface area (Å²) in [7, 11) is 0. The summed E-state index contributed by atoms with van der Waals surface area (Å²) in [5, 5.41) is 6.19. The van der Waals surface area contributed by atoms with Crippen molar-refractivity contribution >= 4 is 23.2 Å². The number of hydrogen-bond acceptors (Lipinski definition) is 5. The first-order valence-corrected chi connectivity index (χ1v) is 8.84. The molecule has 0 atom stereocenters. The largest absolute Gasteiger partial charge is 0.482 e. The summed E-state index contributed by atoms with van der Waals surface area (Å²) < 4.78 is 5.53. The first kappa shape index (κ1) is 17.5. The molecule has 136 valence electrons. The second kappa shape index (κ2) is 7.74. The minimum absolute atomic E-state index is 0.0208. The summed E-state index contributed by atoms with van der Waals surface area (Å²) in [6.45, 7) is 8.38. The Bertz CT molecular complexity index is 641. The van der Waals surface area contributed by atoms with Gasteiger partial charge in [0.05, 0.1) is 5.69 Å². The van der Waals surface area contributed by atoms with E-state index in [1.54, 1.807) is 0 Å². The van der Waals surface area contributed by atoms with E-state index < -0.39 is 0 Å². The van der Waals surface area contributed by atoms with E-state index in [-0.39, 0.29) is 25.0 Å². The molecule has 2 aliphatic heterocycles. The molecule has 0 unspecified atom stereocenters. The van der Waals surface area contributed by atoms with Gasteiger partial charge in [0.15, 0.2) is 6.61 Å². The fourth-order valence-corrected chi connectivity index (χ4v) is 3.00. The molecule has 2 aliphatic rings. The van der Waals surface area contributed by atoms with Gasteiger partial charge in [-0.3, -0.25) is 14.5 Å². The molecule has 0 bridgehead atoms. The van der Waals surface area contributed by atoms with E-state index >= 15 is 0 Å². The number of nitrogens with one attached hydrogen (secondary N) is 2. The third-order valence-corrected chi connectivity index (χ3v) is 4.38. The van der Waals surface area contributed by atoms with Crippen LogP contribution in [0.3, 0.4) is 0 Å². The third kappa shape index (κ3) is 4.22. The van der Waals surface area contributed by atoms with Gasteiger partial charge in [0.25, 0.3) is 5.91 Å². The Morgan fingerprint density at radius 3 is 2.80 bits per heavy atom. The SMILES string of the molecule is CC(C)CNC(=O)CN1C(=O)COc2ccc(N3CCNCC3)cc21. The molecule has 1 aromatic carbocycles. The molecule has 25 heavy (non-hydrogen) atoms. The lowest BCUT2D eigenvalue weighted by atomic mass is 10.1. The third-order valence-electron chi connectivity index (χ3n) is 4.38. The van der Waals surface area contributed by atoms with Crippen molar-refractivity contribution in [2.75, 3.05) is 55.7 Å². The minimum atomic E-state index is -0.190. The lowest BCUT2D eigenvalue weighted by molar-refractivity contribution is -0.125. The van der Waals surface area contributed by atoms with Gasteiger partial charge in [0, 0.05) is 38.4 Å². The minimum Gasteiger partial charge on any atom is -0.482 e. The highest BCUT2D eigenvalue weighted by Gasteiger charge is 2.28. The normalized spacial score (nSPS) is 17.3. The fraction of sp³-hybridized carbons (Fsp3) is 0.556. The van der Waals surface area contributed by atoms with E-state index in [4.69, 9.17) is 4.74 Å². The fourth-order valence-electron chi connectivity index (χ4n) is 3.00. The summed E-state index contributed by atoms with van der Waals surface area (Å²) >= 11 is 0. The molecule has 0 radical (unpaired) electrons. The molecule has 2 heterocycles. The molecule has 7 nitrogen and oxygen atoms in total. The van der Waals surface area contributed by atoms with Crippen LogP contribution in [-0.2, 0) is 9.59 Å². The average molecular weight is 346 g/mol. The molecule has 3 rings (SSSR count). The lowest BCUT2D eigenvalue weighted by Gasteiger charge is -2.33. The predicted octanol–water partition coefficient (Wildman–Crippen LogP) is 0.594. The van der Waals surface area contributed by atoms with E-state index in [0.717, 1.165) is 31.9 Å². The van der Waals surface area contributed by atoms with Crippen LogP contribution >= 0.6 is 0 Å². The quantitative estimate of drug-likeness (QED) is 0.817. The van der Waals surface area contributed by atoms with Gasteiger partial charge < -0.3 is 20.3 Å². The van der Waals surface area contributed by atoms with E-state index in [1.165, 1.54) is 4.90 Å². The standard InChI is InChI=1S/C18H26N4O3/c1-13(2)10-20-17(23)11-22-15-9-14(21-7-5-19-6-8-21)3-4-16(15)25-12-18(22)24/h3-4,9,13,19H,5-8,10-12H2,1-2H3,(H,20,23). The first-order chi connectivity index (χ1) is 12.0. The highest BCUT2D eigenvalue weighted by atomic mass is 16.5. The Morgan fingerprint density at radius 2 is 2.08 bits per heavy atom. The van der Waals surface area contributed by atoms with Crippen LogP contribution in [0.2, 0.25) is 0 Å². The summed E-state index contributed by atoms with van der Waals surface area (Å²) in [5.41, 5.74) is 1.72. The Kier molecular flexibility index (Phi) is 5.43. The number of fused-ring (bicyclic) bond motifs is 1. The maximum atomic E-state index is 12.3. The van der Waals surface area contributed by atoms with Crippen molar-refractivity contribution in [2.45, 2.75) is 13.8 Å². The van der Waals surface area contributed by atoms with Crippen LogP contribution < -0.4 is 25.2 Å². The Labute approximate surface area is 148 Å². The van der Waals surface area contributed by atoms with Crippen molar-refractivity contribution in [1.29, 1.82) is 0 Å². The summed E-state index contributed by atoms with van der Waals surface area (Å²) in [5.74, 6) is 0.679. The van der Waals surface area contributed by atoms with Crippen molar-refractivity contribution in [3.05, 3.63) is 18.2 Å². The number of anilines is 2. The van der Waals surface area contributed by atoms with Crippen LogP contribution in [-0.4, -0.2) is 57.7 Å². The van der Waals surface area contributed by atoms with E-state index in [9.17, 15) is 9.59 Å². The highest BCUT2D eigenvalue weighted by Crippen LogP contribution is 2.35. The molecule has 1 fully saturated rings. The highest BCUT2D eigenvalue weighted by molar-refractivity contribution is 6.02. The van der Waals surface area contributed by atoms with E-state index in [1.807, 2.05) is 32.0 Å². The second-order valence-corrected chi connectivity index (χ2v) is 6.86. The van der Waals surface area contributed by atoms with Crippen molar-refractivity contribution in [3.8, 4) is 5.75 Å². The van der Waals surface area contributed by atoms with Crippen LogP contribution in [0, 0.1) is 5.92 Å². The molecule has 0 saturated carbocycles. The number of amides is 2. The molecular formula is C18H26N4O3. The molecule has 1 saturated heterocycles. The van der Waals surface area contributed by atoms with Crippen molar-refractivity contribution in [2.24, 2.45) is 5.92 Å². The lowest BCUT2D eigenvalue weighted by Crippen LogP contribution is -2.46. The molecular weight excluding hydrogens is 320 g/mol. The monoisotopic (exact) mass is 346 g/mol. The molecule has 2 amide bonds. The molecule has 0 spiro atoms. The van der Waals surface area contributed by atoms with Crippen molar-refractivity contribution in [1.82, 2.24) is 10.6 Å². The zero-order valence-corrected chi connectivity index (χ0v) is 14.9. The van der Waals surface area contributed by atoms with Crippen LogP contribution in [0.1, 0.15) is 13.8 Å². The number of nitrogens with zero attached hydrogens (tertiary/aromatic N) is 2. The maximum Gasteiger partial charge on any atom is 0.265 e. The van der Waals surface area contributed by atoms with Gasteiger partial charge in [-0.15, -0.1) is 0 Å². The summed E-state index contributed by atoms with van der Waals surface area (Å²) in [4.78, 5) is 28.3. The van der Waals surface area contributed by atoms with Gasteiger partial charge in [-0.2, -0.15) is 0 Å². The second-order valence-electron chi connectivity index (χ2n) is 6.86. The zero-order valence-electron chi connectivity index (χ0n) is 14.9. The number of ether oxygens (including phenoxy) is 1. The Hall–Kier alpha value is -2.28. The van der Waals surface area contributed by atoms with E-state index in [0.29, 0.717) is 23.9 Å². The number of rotatable bonds is 5. The van der Waals surface area contributed by atoms with Crippen LogP contribution in [0.25, 0.3) is 0 Å². The maximum absolute atomic E-state index is 12.3. The first-order valence-electron chi connectivity index (χ1n) is 8.84. The molecule has 2 N–H and O–H groups in total. The number of piperazine rings is 1. The van der Waals surface area contributed by atoms with Gasteiger partial charge in [-0.1, -0.05) is 13.8 Å². The smallest absolute Gasteiger partial charge is 0.265 e. The van der Waals surface area contributed by atoms with Gasteiger partial charge >= 0.3 is 0 Å². The number of benzene rings is 1. The molecule has 0 aliphatic carbocycles. The van der Waals surface area contributed by atoms with Crippen LogP contribution in [0.4, 0.5) is 11.4 Å². The molecule has 1 aromatic rings. The molecule has 0 aromatic heterocycles. The Morgan fingerprint density at radius 1 is 1.32 bits per heavy atom. The van der Waals surface area contributed by atoms with Crippen molar-refractivity contribution in [3.63, 3.8) is 0 Å². The molecule has 7 heteroatoms. The predicted molar refractivity (Wildman–Crippen MR) is 97.2 cm³/mol. The van der Waals surface area contributed by atoms with Gasteiger partial charge in [0.2, 0.25) is 5.91 Å². The van der Waals surface area contributed by atoms with Gasteiger partial charge in [-0.25, -0.2) is 0 Å². The number of carbonyl (C=O) groups excluding carboxylic acids is 2. The van der Waals surface area contributed by atoms with Crippen molar-refractivity contribution < 1.29 is 14.3 Å². The summed E-state index contributed by atoms with van der Waals surface area (Å²) in [6, 6.07) is 5.85. The topological polar surface area (TPSA) is 73.9 Å². The van der Waals surface area contributed by atoms with Crippen LogP contribution in [0.5, 0.6) is 5.75 Å². The number of hydrogen-bond donors (Lipinski definition) is 2.